The monoisotopic (exact) mass is 294 g/mol. The summed E-state index contributed by atoms with van der Waals surface area (Å²) < 4.78 is 10.5. The molecule has 1 aliphatic rings. The van der Waals surface area contributed by atoms with Crippen molar-refractivity contribution in [1.82, 2.24) is 20.2 Å². The van der Waals surface area contributed by atoms with Crippen LogP contribution < -0.4 is 10.1 Å². The van der Waals surface area contributed by atoms with Crippen LogP contribution in [0.25, 0.3) is 0 Å². The fourth-order valence-electron chi connectivity index (χ4n) is 2.03. The van der Waals surface area contributed by atoms with Gasteiger partial charge in [-0.05, 0) is 26.0 Å². The molecule has 1 aliphatic heterocycles. The largest absolute Gasteiger partial charge is 0.453 e. The van der Waals surface area contributed by atoms with Crippen molar-refractivity contribution in [2.45, 2.75) is 13.3 Å². The van der Waals surface area contributed by atoms with Gasteiger partial charge in [-0.1, -0.05) is 0 Å². The third kappa shape index (κ3) is 6.05. The number of nitrogens with one attached hydrogen (secondary N) is 1. The Balaban J connectivity index is 1.55. The van der Waals surface area contributed by atoms with Gasteiger partial charge in [0.1, 0.15) is 0 Å². The molecule has 0 atom stereocenters. The Morgan fingerprint density at radius 2 is 2.29 bits per heavy atom. The molecule has 0 unspecified atom stereocenters. The Hall–Kier alpha value is -1.73. The number of aromatic nitrogens is 2. The number of hydrogen-bond donors (Lipinski definition) is 1. The Kier molecular flexibility index (Phi) is 6.36. The first-order valence-electron chi connectivity index (χ1n) is 7.23. The molecule has 7 nitrogen and oxygen atoms in total. The lowest BCUT2D eigenvalue weighted by Crippen LogP contribution is -2.38. The van der Waals surface area contributed by atoms with Crippen molar-refractivity contribution in [3.63, 3.8) is 0 Å². The fourth-order valence-corrected chi connectivity index (χ4v) is 2.03. The molecule has 7 heteroatoms. The number of carbonyl (C=O) groups excluding carboxylic acids is 1. The summed E-state index contributed by atoms with van der Waals surface area (Å²) >= 11 is 0. The van der Waals surface area contributed by atoms with Crippen LogP contribution in [-0.4, -0.2) is 66.8 Å². The Morgan fingerprint density at radius 3 is 3.05 bits per heavy atom. The summed E-state index contributed by atoms with van der Waals surface area (Å²) in [4.78, 5) is 22.0. The summed E-state index contributed by atoms with van der Waals surface area (Å²) in [7, 11) is 0. The summed E-state index contributed by atoms with van der Waals surface area (Å²) in [5.41, 5.74) is 0.811. The van der Waals surface area contributed by atoms with Gasteiger partial charge in [0.25, 0.3) is 5.91 Å². The first-order valence-corrected chi connectivity index (χ1v) is 7.23. The zero-order valence-electron chi connectivity index (χ0n) is 12.4. The van der Waals surface area contributed by atoms with E-state index in [0.717, 1.165) is 45.0 Å². The van der Waals surface area contributed by atoms with Gasteiger partial charge in [-0.25, -0.2) is 9.97 Å². The molecule has 1 saturated heterocycles. The molecule has 116 valence electrons. The van der Waals surface area contributed by atoms with Gasteiger partial charge < -0.3 is 14.8 Å². The lowest BCUT2D eigenvalue weighted by atomic mass is 10.3. The number of hydrogen-bond acceptors (Lipinski definition) is 6. The number of aryl methyl sites for hydroxylation is 1. The van der Waals surface area contributed by atoms with Gasteiger partial charge in [0.05, 0.1) is 13.2 Å². The number of carbonyl (C=O) groups is 1. The Bertz CT molecular complexity index is 450. The summed E-state index contributed by atoms with van der Waals surface area (Å²) in [6.45, 7) is 6.97. The van der Waals surface area contributed by atoms with Crippen molar-refractivity contribution < 1.29 is 14.3 Å². The van der Waals surface area contributed by atoms with Gasteiger partial charge in [0.2, 0.25) is 0 Å². The van der Waals surface area contributed by atoms with Crippen LogP contribution >= 0.6 is 0 Å². The van der Waals surface area contributed by atoms with Crippen LogP contribution in [0.1, 0.15) is 12.1 Å². The van der Waals surface area contributed by atoms with Gasteiger partial charge in [0, 0.05) is 31.5 Å². The average Bonchev–Trinajstić information content (AvgIpc) is 2.51. The summed E-state index contributed by atoms with van der Waals surface area (Å²) in [6.07, 6.45) is 2.53. The predicted octanol–water partition coefficient (Wildman–Crippen LogP) is 0.00232. The van der Waals surface area contributed by atoms with Gasteiger partial charge in [-0.3, -0.25) is 9.69 Å². The van der Waals surface area contributed by atoms with E-state index in [1.807, 2.05) is 6.92 Å². The molecule has 2 rings (SSSR count). The zero-order chi connectivity index (χ0) is 14.9. The van der Waals surface area contributed by atoms with Crippen molar-refractivity contribution in [2.24, 2.45) is 0 Å². The van der Waals surface area contributed by atoms with Crippen molar-refractivity contribution >= 4 is 5.91 Å². The molecule has 0 radical (unpaired) electrons. The van der Waals surface area contributed by atoms with Crippen LogP contribution in [0, 0.1) is 6.92 Å². The van der Waals surface area contributed by atoms with E-state index in [9.17, 15) is 4.79 Å². The third-order valence-electron chi connectivity index (χ3n) is 3.18. The standard InChI is InChI=1S/C14H22N4O3/c1-12-3-5-16-14(17-12)21-11-13(19)15-4-2-6-18-7-9-20-10-8-18/h3,5H,2,4,6-11H2,1H3,(H,15,19). The summed E-state index contributed by atoms with van der Waals surface area (Å²) in [5.74, 6) is -0.151. The van der Waals surface area contributed by atoms with E-state index in [1.165, 1.54) is 0 Å². The topological polar surface area (TPSA) is 76.6 Å². The first-order chi connectivity index (χ1) is 10.2. The maximum atomic E-state index is 11.6. The molecule has 1 aromatic rings. The quantitative estimate of drug-likeness (QED) is 0.714. The van der Waals surface area contributed by atoms with E-state index < -0.39 is 0 Å². The fraction of sp³-hybridized carbons (Fsp3) is 0.643. The van der Waals surface area contributed by atoms with E-state index in [-0.39, 0.29) is 18.5 Å². The molecular weight excluding hydrogens is 272 g/mol. The SMILES string of the molecule is Cc1ccnc(OCC(=O)NCCCN2CCOCC2)n1. The molecule has 0 aromatic carbocycles. The highest BCUT2D eigenvalue weighted by atomic mass is 16.5. The molecule has 1 fully saturated rings. The van der Waals surface area contributed by atoms with Gasteiger partial charge in [0.15, 0.2) is 6.61 Å². The number of morpholine rings is 1. The highest BCUT2D eigenvalue weighted by molar-refractivity contribution is 5.77. The van der Waals surface area contributed by atoms with Crippen molar-refractivity contribution in [2.75, 3.05) is 46.0 Å². The van der Waals surface area contributed by atoms with Crippen molar-refractivity contribution in [3.8, 4) is 6.01 Å². The highest BCUT2D eigenvalue weighted by Crippen LogP contribution is 2.01. The second-order valence-electron chi connectivity index (χ2n) is 4.93. The molecule has 0 bridgehead atoms. The van der Waals surface area contributed by atoms with E-state index in [2.05, 4.69) is 20.2 Å². The van der Waals surface area contributed by atoms with E-state index in [1.54, 1.807) is 12.3 Å². The van der Waals surface area contributed by atoms with E-state index in [0.29, 0.717) is 6.54 Å². The van der Waals surface area contributed by atoms with E-state index in [4.69, 9.17) is 9.47 Å². The smallest absolute Gasteiger partial charge is 0.317 e. The summed E-state index contributed by atoms with van der Waals surface area (Å²) in [6, 6.07) is 2.01. The van der Waals surface area contributed by atoms with Crippen LogP contribution in [0.3, 0.4) is 0 Å². The van der Waals surface area contributed by atoms with Gasteiger partial charge in [-0.15, -0.1) is 0 Å². The molecule has 1 N–H and O–H groups in total. The molecule has 1 aromatic heterocycles. The second-order valence-corrected chi connectivity index (χ2v) is 4.93. The van der Waals surface area contributed by atoms with Gasteiger partial charge in [-0.2, -0.15) is 0 Å². The highest BCUT2D eigenvalue weighted by Gasteiger charge is 2.09. The molecular formula is C14H22N4O3. The molecule has 0 aliphatic carbocycles. The molecule has 2 heterocycles. The maximum absolute atomic E-state index is 11.6. The van der Waals surface area contributed by atoms with Gasteiger partial charge >= 0.3 is 6.01 Å². The minimum atomic E-state index is -0.151. The third-order valence-corrected chi connectivity index (χ3v) is 3.18. The lowest BCUT2D eigenvalue weighted by molar-refractivity contribution is -0.123. The van der Waals surface area contributed by atoms with Crippen LogP contribution in [0.2, 0.25) is 0 Å². The number of amides is 1. The Morgan fingerprint density at radius 1 is 1.48 bits per heavy atom. The maximum Gasteiger partial charge on any atom is 0.317 e. The first kappa shape index (κ1) is 15.7. The summed E-state index contributed by atoms with van der Waals surface area (Å²) in [5, 5.41) is 2.83. The number of rotatable bonds is 7. The van der Waals surface area contributed by atoms with Crippen molar-refractivity contribution in [1.29, 1.82) is 0 Å². The second kappa shape index (κ2) is 8.53. The molecule has 0 spiro atoms. The minimum absolute atomic E-state index is 0.0546. The lowest BCUT2D eigenvalue weighted by Gasteiger charge is -2.26. The number of ether oxygens (including phenoxy) is 2. The molecule has 21 heavy (non-hydrogen) atoms. The Labute approximate surface area is 124 Å². The molecule has 1 amide bonds. The average molecular weight is 294 g/mol. The normalized spacial score (nSPS) is 15.7. The predicted molar refractivity (Wildman–Crippen MR) is 77.1 cm³/mol. The van der Waals surface area contributed by atoms with E-state index >= 15 is 0 Å². The minimum Gasteiger partial charge on any atom is -0.453 e. The zero-order valence-corrected chi connectivity index (χ0v) is 12.4. The van der Waals surface area contributed by atoms with Crippen LogP contribution in [0.15, 0.2) is 12.3 Å². The number of nitrogens with zero attached hydrogens (tertiary/aromatic N) is 3. The van der Waals surface area contributed by atoms with Crippen LogP contribution in [0.5, 0.6) is 6.01 Å². The molecule has 0 saturated carbocycles. The van der Waals surface area contributed by atoms with Crippen molar-refractivity contribution in [3.05, 3.63) is 18.0 Å². The van der Waals surface area contributed by atoms with Crippen LogP contribution in [0.4, 0.5) is 0 Å². The van der Waals surface area contributed by atoms with Crippen LogP contribution in [-0.2, 0) is 9.53 Å².